The molecule has 2 amide bonds. The molecule has 2 heterocycles. The van der Waals surface area contributed by atoms with Crippen molar-refractivity contribution in [2.24, 2.45) is 0 Å². The number of H-pyrrole nitrogens is 1. The molecule has 1 aliphatic carbocycles. The molecule has 2 N–H and O–H groups in total. The lowest BCUT2D eigenvalue weighted by Gasteiger charge is -2.24. The summed E-state index contributed by atoms with van der Waals surface area (Å²) in [5.41, 5.74) is 2.49. The van der Waals surface area contributed by atoms with Crippen molar-refractivity contribution in [2.45, 2.75) is 32.4 Å². The van der Waals surface area contributed by atoms with E-state index in [4.69, 9.17) is 0 Å². The minimum Gasteiger partial charge on any atom is -0.348 e. The van der Waals surface area contributed by atoms with Gasteiger partial charge in [0.2, 0.25) is 11.8 Å². The van der Waals surface area contributed by atoms with Gasteiger partial charge in [-0.15, -0.1) is 0 Å². The summed E-state index contributed by atoms with van der Waals surface area (Å²) in [6, 6.07) is -0.512. The number of hydrogen-bond donors (Lipinski definition) is 2. The third kappa shape index (κ3) is 2.69. The lowest BCUT2D eigenvalue weighted by molar-refractivity contribution is -0.135. The molecule has 0 saturated heterocycles. The first-order valence-electron chi connectivity index (χ1n) is 7.15. The molecule has 22 heavy (non-hydrogen) atoms. The van der Waals surface area contributed by atoms with Crippen molar-refractivity contribution in [1.29, 1.82) is 0 Å². The molecule has 1 aromatic rings. The Labute approximate surface area is 127 Å². The normalized spacial score (nSPS) is 20.0. The number of rotatable bonds is 3. The van der Waals surface area contributed by atoms with Gasteiger partial charge >= 0.3 is 0 Å². The Morgan fingerprint density at radius 1 is 1.41 bits per heavy atom. The Kier molecular flexibility index (Phi) is 3.86. The Morgan fingerprint density at radius 2 is 2.23 bits per heavy atom. The van der Waals surface area contributed by atoms with E-state index in [0.717, 1.165) is 17.7 Å². The third-order valence-corrected chi connectivity index (χ3v) is 3.73. The van der Waals surface area contributed by atoms with Gasteiger partial charge in [0.1, 0.15) is 11.7 Å². The van der Waals surface area contributed by atoms with Gasteiger partial charge in [0.05, 0.1) is 12.7 Å². The van der Waals surface area contributed by atoms with E-state index in [2.05, 4.69) is 20.7 Å². The van der Waals surface area contributed by atoms with E-state index < -0.39 is 6.04 Å². The molecule has 0 fully saturated rings. The molecule has 1 atom stereocenters. The van der Waals surface area contributed by atoms with Gasteiger partial charge in [-0.05, 0) is 18.1 Å². The van der Waals surface area contributed by atoms with Gasteiger partial charge in [-0.2, -0.15) is 15.4 Å². The first-order chi connectivity index (χ1) is 10.7. The van der Waals surface area contributed by atoms with Crippen molar-refractivity contribution in [3.8, 4) is 0 Å². The first-order valence-corrected chi connectivity index (χ1v) is 7.15. The summed E-state index contributed by atoms with van der Waals surface area (Å²) in [4.78, 5) is 26.0. The van der Waals surface area contributed by atoms with E-state index in [1.807, 2.05) is 24.3 Å². The maximum atomic E-state index is 12.4. The van der Waals surface area contributed by atoms with Crippen LogP contribution in [-0.2, 0) is 16.1 Å². The molecular formula is C15H17N5O2. The van der Waals surface area contributed by atoms with Crippen molar-refractivity contribution >= 4 is 11.8 Å². The summed E-state index contributed by atoms with van der Waals surface area (Å²) in [6.07, 6.45) is 10.9. The highest BCUT2D eigenvalue weighted by atomic mass is 16.2. The molecule has 0 spiro atoms. The molecule has 0 saturated carbocycles. The predicted octanol–water partition coefficient (Wildman–Crippen LogP) is 0.812. The molecule has 1 unspecified atom stereocenters. The van der Waals surface area contributed by atoms with Crippen LogP contribution in [0.4, 0.5) is 0 Å². The fourth-order valence-corrected chi connectivity index (χ4v) is 2.74. The van der Waals surface area contributed by atoms with E-state index in [0.29, 0.717) is 12.1 Å². The van der Waals surface area contributed by atoms with Crippen LogP contribution in [0.3, 0.4) is 0 Å². The van der Waals surface area contributed by atoms with Crippen LogP contribution in [0.5, 0.6) is 0 Å². The standard InChI is InChI=1S/C15H17N5O2/c1-10(21)20-13-6-4-2-3-5-11(13)7-14(20)15(22)16-8-12-9-17-19-18-12/h3-6,9,14H,2,7-8H2,1H3,(H,16,22)(H,17,18,19). The van der Waals surface area contributed by atoms with E-state index >= 15 is 0 Å². The molecule has 3 rings (SSSR count). The summed E-state index contributed by atoms with van der Waals surface area (Å²) in [5.74, 6) is -0.320. The van der Waals surface area contributed by atoms with Gasteiger partial charge in [0, 0.05) is 19.0 Å². The molecule has 7 nitrogen and oxygen atoms in total. The van der Waals surface area contributed by atoms with Crippen LogP contribution in [0.25, 0.3) is 0 Å². The first kappa shape index (κ1) is 14.2. The average molecular weight is 299 g/mol. The van der Waals surface area contributed by atoms with Crippen LogP contribution >= 0.6 is 0 Å². The Balaban J connectivity index is 1.75. The van der Waals surface area contributed by atoms with E-state index in [9.17, 15) is 9.59 Å². The number of carbonyl (C=O) groups excluding carboxylic acids is 2. The Morgan fingerprint density at radius 3 is 2.95 bits per heavy atom. The molecule has 114 valence electrons. The molecular weight excluding hydrogens is 282 g/mol. The summed E-state index contributed by atoms with van der Waals surface area (Å²) in [5, 5.41) is 12.9. The zero-order valence-electron chi connectivity index (χ0n) is 12.2. The zero-order chi connectivity index (χ0) is 15.5. The molecule has 1 aromatic heterocycles. The van der Waals surface area contributed by atoms with Crippen LogP contribution in [0.15, 0.2) is 41.8 Å². The van der Waals surface area contributed by atoms with Crippen molar-refractivity contribution < 1.29 is 9.59 Å². The maximum absolute atomic E-state index is 12.4. The molecule has 2 aliphatic rings. The SMILES string of the molecule is CC(=O)N1C2=C(C=CCC=C2)CC1C(=O)NCc1cn[nH]n1. The minimum atomic E-state index is -0.512. The molecule has 1 aliphatic heterocycles. The zero-order valence-corrected chi connectivity index (χ0v) is 12.2. The molecule has 7 heteroatoms. The van der Waals surface area contributed by atoms with Gasteiger partial charge in [-0.3, -0.25) is 14.5 Å². The minimum absolute atomic E-state index is 0.133. The fraction of sp³-hybridized carbons (Fsp3) is 0.333. The van der Waals surface area contributed by atoms with E-state index in [1.165, 1.54) is 6.92 Å². The van der Waals surface area contributed by atoms with Crippen molar-refractivity contribution in [1.82, 2.24) is 25.6 Å². The second-order valence-corrected chi connectivity index (χ2v) is 5.24. The van der Waals surface area contributed by atoms with E-state index in [1.54, 1.807) is 11.1 Å². The van der Waals surface area contributed by atoms with Crippen molar-refractivity contribution in [3.05, 3.63) is 47.5 Å². The smallest absolute Gasteiger partial charge is 0.243 e. The number of amides is 2. The van der Waals surface area contributed by atoms with Crippen LogP contribution in [0, 0.1) is 0 Å². The van der Waals surface area contributed by atoms with Gasteiger partial charge in [-0.1, -0.05) is 18.2 Å². The molecule has 0 aromatic carbocycles. The largest absolute Gasteiger partial charge is 0.348 e. The van der Waals surface area contributed by atoms with Crippen LogP contribution in [0.1, 0.15) is 25.5 Å². The van der Waals surface area contributed by atoms with Crippen LogP contribution in [-0.4, -0.2) is 38.2 Å². The second-order valence-electron chi connectivity index (χ2n) is 5.24. The predicted molar refractivity (Wildman–Crippen MR) is 79.1 cm³/mol. The van der Waals surface area contributed by atoms with Crippen molar-refractivity contribution in [3.63, 3.8) is 0 Å². The highest BCUT2D eigenvalue weighted by Gasteiger charge is 2.37. The number of carbonyl (C=O) groups is 2. The quantitative estimate of drug-likeness (QED) is 0.864. The average Bonchev–Trinajstić information content (AvgIpc) is 3.08. The Bertz CT molecular complexity index is 672. The summed E-state index contributed by atoms with van der Waals surface area (Å²) < 4.78 is 0. The summed E-state index contributed by atoms with van der Waals surface area (Å²) >= 11 is 0. The van der Waals surface area contributed by atoms with Gasteiger partial charge in [0.15, 0.2) is 0 Å². The van der Waals surface area contributed by atoms with Crippen LogP contribution < -0.4 is 5.32 Å². The number of aromatic nitrogens is 3. The number of hydrogen-bond acceptors (Lipinski definition) is 4. The second kappa shape index (κ2) is 5.97. The van der Waals surface area contributed by atoms with Gasteiger partial charge in [0.25, 0.3) is 0 Å². The third-order valence-electron chi connectivity index (χ3n) is 3.73. The molecule has 0 bridgehead atoms. The summed E-state index contributed by atoms with van der Waals surface area (Å²) in [7, 11) is 0. The lowest BCUT2D eigenvalue weighted by atomic mass is 10.1. The number of aromatic amines is 1. The fourth-order valence-electron chi connectivity index (χ4n) is 2.74. The topological polar surface area (TPSA) is 91.0 Å². The lowest BCUT2D eigenvalue weighted by Crippen LogP contribution is -2.45. The van der Waals surface area contributed by atoms with Gasteiger partial charge in [-0.25, -0.2) is 0 Å². The number of allylic oxidation sites excluding steroid dienone is 4. The van der Waals surface area contributed by atoms with Crippen molar-refractivity contribution in [2.75, 3.05) is 0 Å². The summed E-state index contributed by atoms with van der Waals surface area (Å²) in [6.45, 7) is 1.77. The highest BCUT2D eigenvalue weighted by molar-refractivity contribution is 5.90. The molecule has 0 radical (unpaired) electrons. The van der Waals surface area contributed by atoms with E-state index in [-0.39, 0.29) is 18.4 Å². The number of nitrogens with zero attached hydrogens (tertiary/aromatic N) is 3. The highest BCUT2D eigenvalue weighted by Crippen LogP contribution is 2.32. The Hall–Kier alpha value is -2.70. The monoisotopic (exact) mass is 299 g/mol. The van der Waals surface area contributed by atoms with Gasteiger partial charge < -0.3 is 5.32 Å². The maximum Gasteiger partial charge on any atom is 0.243 e. The van der Waals surface area contributed by atoms with Crippen LogP contribution in [0.2, 0.25) is 0 Å². The number of nitrogens with one attached hydrogen (secondary N) is 2.